The fourth-order valence-electron chi connectivity index (χ4n) is 1.60. The van der Waals surface area contributed by atoms with Crippen LogP contribution in [0.1, 0.15) is 26.3 Å². The summed E-state index contributed by atoms with van der Waals surface area (Å²) in [6, 6.07) is 5.57. The molecule has 2 rings (SSSR count). The summed E-state index contributed by atoms with van der Waals surface area (Å²) in [7, 11) is 0. The maximum atomic E-state index is 11.6. The Morgan fingerprint density at radius 3 is 2.72 bits per heavy atom. The minimum atomic E-state index is -0.226. The smallest absolute Gasteiger partial charge is 0.244 e. The van der Waals surface area contributed by atoms with Crippen LogP contribution in [-0.2, 0) is 4.79 Å². The summed E-state index contributed by atoms with van der Waals surface area (Å²) in [5, 5.41) is 2.86. The Bertz CT molecular complexity index is 486. The van der Waals surface area contributed by atoms with Crippen molar-refractivity contribution in [2.75, 3.05) is 6.79 Å². The molecule has 1 aliphatic heterocycles. The van der Waals surface area contributed by atoms with E-state index in [9.17, 15) is 4.79 Å². The summed E-state index contributed by atoms with van der Waals surface area (Å²) >= 11 is 0. The van der Waals surface area contributed by atoms with Gasteiger partial charge in [-0.15, -0.1) is 0 Å². The van der Waals surface area contributed by atoms with Crippen LogP contribution in [0, 0.1) is 0 Å². The number of nitrogens with one attached hydrogen (secondary N) is 1. The van der Waals surface area contributed by atoms with Crippen molar-refractivity contribution in [3.8, 4) is 11.5 Å². The fraction of sp³-hybridized carbons (Fsp3) is 0.357. The number of rotatable bonds is 2. The summed E-state index contributed by atoms with van der Waals surface area (Å²) in [5.41, 5.74) is 0.680. The molecule has 0 aromatic heterocycles. The third-order valence-electron chi connectivity index (χ3n) is 2.32. The van der Waals surface area contributed by atoms with E-state index in [2.05, 4.69) is 5.32 Å². The molecule has 18 heavy (non-hydrogen) atoms. The normalized spacial score (nSPS) is 13.9. The van der Waals surface area contributed by atoms with E-state index < -0.39 is 0 Å². The highest BCUT2D eigenvalue weighted by molar-refractivity contribution is 5.92. The van der Waals surface area contributed by atoms with Gasteiger partial charge < -0.3 is 14.8 Å². The Morgan fingerprint density at radius 1 is 1.28 bits per heavy atom. The number of amides is 1. The molecule has 96 valence electrons. The third kappa shape index (κ3) is 3.26. The van der Waals surface area contributed by atoms with Crippen LogP contribution in [-0.4, -0.2) is 18.2 Å². The predicted molar refractivity (Wildman–Crippen MR) is 69.5 cm³/mol. The first-order valence-corrected chi connectivity index (χ1v) is 5.84. The van der Waals surface area contributed by atoms with E-state index in [4.69, 9.17) is 9.47 Å². The van der Waals surface area contributed by atoms with Gasteiger partial charge in [0.1, 0.15) is 0 Å². The summed E-state index contributed by atoms with van der Waals surface area (Å²) in [6.07, 6.45) is 3.27. The predicted octanol–water partition coefficient (Wildman–Crippen LogP) is 2.34. The number of carbonyl (C=O) groups excluding carboxylic acids is 1. The van der Waals surface area contributed by atoms with Gasteiger partial charge in [-0.3, -0.25) is 4.79 Å². The first kappa shape index (κ1) is 12.5. The van der Waals surface area contributed by atoms with Crippen LogP contribution in [0.3, 0.4) is 0 Å². The standard InChI is InChI=1S/C14H17NO3/c1-14(2,3)15-13(16)7-5-10-4-6-11-12(8-10)18-9-17-11/h4-8H,9H2,1-3H3,(H,15,16). The summed E-state index contributed by atoms with van der Waals surface area (Å²) in [5.74, 6) is 1.35. The van der Waals surface area contributed by atoms with Gasteiger partial charge in [0.25, 0.3) is 0 Å². The van der Waals surface area contributed by atoms with Gasteiger partial charge in [0.05, 0.1) is 0 Å². The van der Waals surface area contributed by atoms with Crippen molar-refractivity contribution in [2.24, 2.45) is 0 Å². The lowest BCUT2D eigenvalue weighted by Crippen LogP contribution is -2.39. The number of hydrogen-bond acceptors (Lipinski definition) is 3. The first-order chi connectivity index (χ1) is 8.44. The lowest BCUT2D eigenvalue weighted by Gasteiger charge is -2.18. The molecule has 1 aromatic carbocycles. The van der Waals surface area contributed by atoms with Gasteiger partial charge in [-0.05, 0) is 44.5 Å². The SMILES string of the molecule is CC(C)(C)NC(=O)C=Cc1ccc2c(c1)OCO2. The van der Waals surface area contributed by atoms with Crippen molar-refractivity contribution in [3.63, 3.8) is 0 Å². The number of carbonyl (C=O) groups is 1. The largest absolute Gasteiger partial charge is 0.454 e. The van der Waals surface area contributed by atoms with Gasteiger partial charge in [0.2, 0.25) is 12.7 Å². The summed E-state index contributed by atoms with van der Waals surface area (Å²) in [4.78, 5) is 11.6. The van der Waals surface area contributed by atoms with Gasteiger partial charge in [-0.25, -0.2) is 0 Å². The van der Waals surface area contributed by atoms with Gasteiger partial charge in [0.15, 0.2) is 11.5 Å². The van der Waals surface area contributed by atoms with Crippen LogP contribution in [0.15, 0.2) is 24.3 Å². The monoisotopic (exact) mass is 247 g/mol. The minimum absolute atomic E-state index is 0.111. The lowest BCUT2D eigenvalue weighted by atomic mass is 10.1. The average Bonchev–Trinajstić information content (AvgIpc) is 2.71. The Hall–Kier alpha value is -1.97. The van der Waals surface area contributed by atoms with Crippen LogP contribution in [0.2, 0.25) is 0 Å². The van der Waals surface area contributed by atoms with Crippen molar-refractivity contribution < 1.29 is 14.3 Å². The van der Waals surface area contributed by atoms with E-state index in [1.807, 2.05) is 39.0 Å². The van der Waals surface area contributed by atoms with E-state index in [0.717, 1.165) is 11.3 Å². The Morgan fingerprint density at radius 2 is 2.00 bits per heavy atom. The highest BCUT2D eigenvalue weighted by atomic mass is 16.7. The molecular formula is C14H17NO3. The van der Waals surface area contributed by atoms with E-state index >= 15 is 0 Å². The van der Waals surface area contributed by atoms with Crippen LogP contribution in [0.4, 0.5) is 0 Å². The maximum Gasteiger partial charge on any atom is 0.244 e. The molecule has 0 spiro atoms. The van der Waals surface area contributed by atoms with Gasteiger partial charge >= 0.3 is 0 Å². The highest BCUT2D eigenvalue weighted by Crippen LogP contribution is 2.32. The molecule has 1 aliphatic rings. The number of benzene rings is 1. The Kier molecular flexibility index (Phi) is 3.28. The number of hydrogen-bond donors (Lipinski definition) is 1. The molecule has 0 saturated heterocycles. The second kappa shape index (κ2) is 4.72. The Labute approximate surface area is 107 Å². The molecule has 0 radical (unpaired) electrons. The zero-order valence-electron chi connectivity index (χ0n) is 10.8. The molecule has 4 nitrogen and oxygen atoms in total. The Balaban J connectivity index is 2.03. The van der Waals surface area contributed by atoms with Crippen LogP contribution >= 0.6 is 0 Å². The van der Waals surface area contributed by atoms with Crippen molar-refractivity contribution in [3.05, 3.63) is 29.8 Å². The van der Waals surface area contributed by atoms with Crippen LogP contribution in [0.25, 0.3) is 6.08 Å². The third-order valence-corrected chi connectivity index (χ3v) is 2.32. The van der Waals surface area contributed by atoms with Crippen LogP contribution < -0.4 is 14.8 Å². The van der Waals surface area contributed by atoms with Crippen molar-refractivity contribution in [1.29, 1.82) is 0 Å². The van der Waals surface area contributed by atoms with E-state index in [1.54, 1.807) is 6.08 Å². The molecule has 0 unspecified atom stereocenters. The topological polar surface area (TPSA) is 47.6 Å². The van der Waals surface area contributed by atoms with Crippen molar-refractivity contribution >= 4 is 12.0 Å². The first-order valence-electron chi connectivity index (χ1n) is 5.84. The maximum absolute atomic E-state index is 11.6. The van der Waals surface area contributed by atoms with Gasteiger partial charge in [0, 0.05) is 11.6 Å². The van der Waals surface area contributed by atoms with Crippen molar-refractivity contribution in [2.45, 2.75) is 26.3 Å². The number of ether oxygens (including phenoxy) is 2. The molecule has 0 aliphatic carbocycles. The molecule has 0 atom stereocenters. The zero-order valence-corrected chi connectivity index (χ0v) is 10.8. The molecular weight excluding hydrogens is 230 g/mol. The van der Waals surface area contributed by atoms with E-state index in [1.165, 1.54) is 6.08 Å². The molecule has 0 bridgehead atoms. The molecule has 1 aromatic rings. The molecule has 1 heterocycles. The molecule has 1 N–H and O–H groups in total. The minimum Gasteiger partial charge on any atom is -0.454 e. The number of fused-ring (bicyclic) bond motifs is 1. The van der Waals surface area contributed by atoms with Gasteiger partial charge in [-0.1, -0.05) is 6.07 Å². The van der Waals surface area contributed by atoms with Crippen molar-refractivity contribution in [1.82, 2.24) is 5.32 Å². The quantitative estimate of drug-likeness (QED) is 0.816. The lowest BCUT2D eigenvalue weighted by molar-refractivity contribution is -0.117. The molecule has 1 amide bonds. The summed E-state index contributed by atoms with van der Waals surface area (Å²) in [6.45, 7) is 6.09. The highest BCUT2D eigenvalue weighted by Gasteiger charge is 2.13. The molecule has 0 fully saturated rings. The van der Waals surface area contributed by atoms with Gasteiger partial charge in [-0.2, -0.15) is 0 Å². The fourth-order valence-corrected chi connectivity index (χ4v) is 1.60. The second-order valence-corrected chi connectivity index (χ2v) is 5.19. The average molecular weight is 247 g/mol. The molecule has 0 saturated carbocycles. The van der Waals surface area contributed by atoms with Crippen LogP contribution in [0.5, 0.6) is 11.5 Å². The summed E-state index contributed by atoms with van der Waals surface area (Å²) < 4.78 is 10.5. The van der Waals surface area contributed by atoms with E-state index in [-0.39, 0.29) is 18.2 Å². The molecule has 4 heteroatoms. The zero-order chi connectivity index (χ0) is 13.2. The second-order valence-electron chi connectivity index (χ2n) is 5.19. The van der Waals surface area contributed by atoms with E-state index in [0.29, 0.717) is 5.75 Å².